The van der Waals surface area contributed by atoms with Gasteiger partial charge in [-0.05, 0) is 46.9 Å². The van der Waals surface area contributed by atoms with Crippen molar-refractivity contribution in [3.63, 3.8) is 0 Å². The number of carbonyl (C=O) groups is 1. The lowest BCUT2D eigenvalue weighted by Gasteiger charge is -2.41. The Morgan fingerprint density at radius 2 is 1.56 bits per heavy atom. The molecule has 0 spiro atoms. The molecule has 1 aromatic heterocycles. The van der Waals surface area contributed by atoms with E-state index in [9.17, 15) is 23.1 Å². The van der Waals surface area contributed by atoms with Crippen LogP contribution in [0.3, 0.4) is 0 Å². The highest BCUT2D eigenvalue weighted by Gasteiger charge is 2.51. The lowest BCUT2D eigenvalue weighted by atomic mass is 9.93. The van der Waals surface area contributed by atoms with E-state index in [1.165, 1.54) is 12.1 Å². The van der Waals surface area contributed by atoms with Crippen LogP contribution in [-0.2, 0) is 28.2 Å². The molecule has 2 heterocycles. The fourth-order valence-electron chi connectivity index (χ4n) is 4.86. The molecule has 0 aliphatic carbocycles. The van der Waals surface area contributed by atoms with Gasteiger partial charge in [-0.2, -0.15) is 13.2 Å². The molecule has 2 aromatic carbocycles. The molecule has 3 aromatic rings. The van der Waals surface area contributed by atoms with Crippen molar-refractivity contribution in [2.45, 2.75) is 44.3 Å². The van der Waals surface area contributed by atoms with Crippen LogP contribution in [0.4, 0.5) is 13.2 Å². The zero-order chi connectivity index (χ0) is 28.8. The molecule has 3 N–H and O–H groups in total. The van der Waals surface area contributed by atoms with Crippen LogP contribution in [0.2, 0.25) is 0 Å². The summed E-state index contributed by atoms with van der Waals surface area (Å²) < 4.78 is 44.7. The Hall–Kier alpha value is -3.02. The maximum absolute atomic E-state index is 13.1. The van der Waals surface area contributed by atoms with E-state index in [1.807, 2.05) is 36.4 Å². The maximum atomic E-state index is 13.1. The molecule has 41 heavy (non-hydrogen) atoms. The summed E-state index contributed by atoms with van der Waals surface area (Å²) in [6.45, 7) is 5.00. The summed E-state index contributed by atoms with van der Waals surface area (Å²) in [7, 11) is 0. The Labute approximate surface area is 244 Å². The van der Waals surface area contributed by atoms with Crippen LogP contribution in [-0.4, -0.2) is 70.9 Å². The van der Waals surface area contributed by atoms with Crippen LogP contribution in [0.25, 0.3) is 11.1 Å². The van der Waals surface area contributed by atoms with Crippen LogP contribution in [0.15, 0.2) is 73.1 Å². The van der Waals surface area contributed by atoms with Crippen molar-refractivity contribution < 1.29 is 27.8 Å². The molecule has 1 fully saturated rings. The Kier molecular flexibility index (Phi) is 11.3. The lowest BCUT2D eigenvalue weighted by Crippen LogP contribution is -2.53. The smallest absolute Gasteiger partial charge is 0.421 e. The third kappa shape index (κ3) is 8.50. The van der Waals surface area contributed by atoms with Crippen LogP contribution in [0.1, 0.15) is 30.0 Å². The van der Waals surface area contributed by atoms with Gasteiger partial charge in [-0.1, -0.05) is 48.5 Å². The largest absolute Gasteiger partial charge is 0.464 e. The topological polar surface area (TPSA) is 91.9 Å². The lowest BCUT2D eigenvalue weighted by molar-refractivity contribution is -0.258. The average Bonchev–Trinajstić information content (AvgIpc) is 2.94. The van der Waals surface area contributed by atoms with Crippen molar-refractivity contribution in [2.75, 3.05) is 32.8 Å². The quantitative estimate of drug-likeness (QED) is 0.335. The van der Waals surface area contributed by atoms with E-state index in [0.29, 0.717) is 13.1 Å². The van der Waals surface area contributed by atoms with Crippen LogP contribution in [0, 0.1) is 0 Å². The van der Waals surface area contributed by atoms with E-state index >= 15 is 0 Å². The second-order valence-electron chi connectivity index (χ2n) is 10.3. The number of halogens is 4. The number of pyridine rings is 1. The summed E-state index contributed by atoms with van der Waals surface area (Å²) in [5.74, 6) is -0.260. The number of benzene rings is 2. The highest BCUT2D eigenvalue weighted by molar-refractivity contribution is 5.85. The van der Waals surface area contributed by atoms with Crippen LogP contribution in [0.5, 0.6) is 0 Å². The minimum Gasteiger partial charge on any atom is -0.464 e. The highest BCUT2D eigenvalue weighted by atomic mass is 35.5. The highest BCUT2D eigenvalue weighted by Crippen LogP contribution is 2.39. The summed E-state index contributed by atoms with van der Waals surface area (Å²) in [4.78, 5) is 21.1. The number of rotatable bonds is 10. The normalized spacial score (nSPS) is 17.9. The second kappa shape index (κ2) is 14.2. The van der Waals surface area contributed by atoms with Crippen molar-refractivity contribution in [1.29, 1.82) is 0 Å². The van der Waals surface area contributed by atoms with Gasteiger partial charge in [0.05, 0.1) is 6.42 Å². The van der Waals surface area contributed by atoms with Gasteiger partial charge in [0.25, 0.3) is 0 Å². The van der Waals surface area contributed by atoms with Crippen LogP contribution < -0.4 is 5.73 Å². The number of esters is 1. The number of aromatic nitrogens is 1. The van der Waals surface area contributed by atoms with Gasteiger partial charge in [-0.25, -0.2) is 0 Å². The zero-order valence-electron chi connectivity index (χ0n) is 22.9. The van der Waals surface area contributed by atoms with Gasteiger partial charge >= 0.3 is 12.1 Å². The molecule has 1 saturated heterocycles. The number of hydrogen-bond acceptors (Lipinski definition) is 7. The average molecular weight is 593 g/mol. The first-order valence-corrected chi connectivity index (χ1v) is 13.3. The van der Waals surface area contributed by atoms with Crippen molar-refractivity contribution in [3.05, 3.63) is 89.7 Å². The van der Waals surface area contributed by atoms with Gasteiger partial charge in [0, 0.05) is 57.7 Å². The van der Waals surface area contributed by atoms with Gasteiger partial charge in [0.1, 0.15) is 6.61 Å². The molecule has 11 heteroatoms. The molecule has 7 nitrogen and oxygen atoms in total. The van der Waals surface area contributed by atoms with Gasteiger partial charge in [-0.15, -0.1) is 12.4 Å². The Morgan fingerprint density at radius 1 is 0.976 bits per heavy atom. The maximum Gasteiger partial charge on any atom is 0.421 e. The summed E-state index contributed by atoms with van der Waals surface area (Å²) in [5, 5.41) is 9.91. The molecule has 1 aliphatic heterocycles. The first kappa shape index (κ1) is 32.5. The Morgan fingerprint density at radius 3 is 2.15 bits per heavy atom. The van der Waals surface area contributed by atoms with Gasteiger partial charge in [0.2, 0.25) is 0 Å². The number of aliphatic hydroxyl groups is 1. The first-order valence-electron chi connectivity index (χ1n) is 13.3. The number of piperazine rings is 1. The molecule has 2 atom stereocenters. The summed E-state index contributed by atoms with van der Waals surface area (Å²) in [5.41, 5.74) is 6.22. The van der Waals surface area contributed by atoms with E-state index in [1.54, 1.807) is 24.5 Å². The molecule has 2 unspecified atom stereocenters. The minimum atomic E-state index is -4.76. The predicted molar refractivity (Wildman–Crippen MR) is 153 cm³/mol. The first-order chi connectivity index (χ1) is 19.1. The fraction of sp³-hybridized carbons (Fsp3) is 0.400. The molecule has 0 radical (unpaired) electrons. The fourth-order valence-corrected chi connectivity index (χ4v) is 4.86. The van der Waals surface area contributed by atoms with Crippen molar-refractivity contribution in [1.82, 2.24) is 14.8 Å². The zero-order valence-corrected chi connectivity index (χ0v) is 23.7. The predicted octanol–water partition coefficient (Wildman–Crippen LogP) is 4.52. The Balaban J connectivity index is 0.00000462. The molecule has 4 rings (SSSR count). The number of alkyl halides is 3. The summed E-state index contributed by atoms with van der Waals surface area (Å²) in [6.07, 6.45) is -0.956. The molecule has 222 valence electrons. The minimum absolute atomic E-state index is 0. The van der Waals surface area contributed by atoms with Gasteiger partial charge < -0.3 is 15.6 Å². The number of nitrogens with zero attached hydrogens (tertiary/aromatic N) is 3. The summed E-state index contributed by atoms with van der Waals surface area (Å²) in [6, 6.07) is 17.6. The molecular formula is C30H36ClF3N4O3. The van der Waals surface area contributed by atoms with E-state index in [4.69, 9.17) is 10.5 Å². The molecular weight excluding hydrogens is 557 g/mol. The third-order valence-electron chi connectivity index (χ3n) is 7.30. The molecule has 0 bridgehead atoms. The number of hydrogen-bond donors (Lipinski definition) is 2. The van der Waals surface area contributed by atoms with Crippen molar-refractivity contribution in [3.8, 4) is 11.1 Å². The van der Waals surface area contributed by atoms with E-state index in [0.717, 1.165) is 48.8 Å². The van der Waals surface area contributed by atoms with E-state index in [-0.39, 0.29) is 49.6 Å². The van der Waals surface area contributed by atoms with Gasteiger partial charge in [0.15, 0.2) is 5.60 Å². The van der Waals surface area contributed by atoms with Crippen LogP contribution >= 0.6 is 12.4 Å². The number of nitrogens with two attached hydrogens (primary N) is 1. The third-order valence-corrected chi connectivity index (χ3v) is 7.30. The Bertz CT molecular complexity index is 1240. The monoisotopic (exact) mass is 592 g/mol. The standard InChI is InChI=1S/C30H35F3N4O3.ClH/c1-29(39,30(31,32)33)26-8-6-25(7-9-26)24-4-2-22(3-5-24)19-36-15-16-37(20-23-10-13-35-14-11-23)27(21-36)18-28(38)40-17-12-34;/h2-11,13-14,27,39H,12,15-21,34H2,1H3;1H. The van der Waals surface area contributed by atoms with Crippen molar-refractivity contribution in [2.24, 2.45) is 5.73 Å². The van der Waals surface area contributed by atoms with E-state index < -0.39 is 11.8 Å². The van der Waals surface area contributed by atoms with Gasteiger partial charge in [-0.3, -0.25) is 19.6 Å². The van der Waals surface area contributed by atoms with E-state index in [2.05, 4.69) is 14.8 Å². The number of carbonyl (C=O) groups excluding carboxylic acids is 1. The molecule has 0 saturated carbocycles. The summed E-state index contributed by atoms with van der Waals surface area (Å²) >= 11 is 0. The number of ether oxygens (including phenoxy) is 1. The van der Waals surface area contributed by atoms with Crippen molar-refractivity contribution >= 4 is 18.4 Å². The molecule has 0 amide bonds. The SMILES string of the molecule is CC(O)(c1ccc(-c2ccc(CN3CCN(Cc4ccncc4)C(CC(=O)OCCN)C3)cc2)cc1)C(F)(F)F.Cl. The molecule has 1 aliphatic rings. The second-order valence-corrected chi connectivity index (χ2v) is 10.3.